The second-order valence-corrected chi connectivity index (χ2v) is 2.93. The third-order valence-electron chi connectivity index (χ3n) is 1.83. The Balaban J connectivity index is 2.76. The number of aromatic nitrogens is 1. The molecule has 0 radical (unpaired) electrons. The monoisotopic (exact) mass is 223 g/mol. The van der Waals surface area contributed by atoms with E-state index in [0.717, 1.165) is 0 Å². The zero-order valence-corrected chi connectivity index (χ0v) is 8.47. The van der Waals surface area contributed by atoms with Crippen molar-refractivity contribution in [2.75, 3.05) is 7.11 Å². The maximum absolute atomic E-state index is 11.0. The zero-order valence-electron chi connectivity index (χ0n) is 8.47. The molecule has 1 aromatic rings. The number of hydrogen-bond acceptors (Lipinski definition) is 5. The summed E-state index contributed by atoms with van der Waals surface area (Å²) in [4.78, 5) is 35.9. The van der Waals surface area contributed by atoms with Crippen molar-refractivity contribution in [2.24, 2.45) is 0 Å². The van der Waals surface area contributed by atoms with Crippen LogP contribution in [-0.4, -0.2) is 34.9 Å². The number of ketones is 1. The fraction of sp³-hybridized carbons (Fsp3) is 0.200. The van der Waals surface area contributed by atoms with E-state index in [2.05, 4.69) is 9.72 Å². The molecule has 84 valence electrons. The Bertz CT molecular complexity index is 423. The van der Waals surface area contributed by atoms with Crippen LogP contribution < -0.4 is 0 Å². The molecule has 1 rings (SSSR count). The fourth-order valence-electron chi connectivity index (χ4n) is 1.01. The molecule has 0 atom stereocenters. The van der Waals surface area contributed by atoms with Gasteiger partial charge in [0, 0.05) is 11.9 Å². The van der Waals surface area contributed by atoms with Gasteiger partial charge in [0.1, 0.15) is 0 Å². The van der Waals surface area contributed by atoms with E-state index in [4.69, 9.17) is 5.11 Å². The van der Waals surface area contributed by atoms with E-state index in [9.17, 15) is 14.4 Å². The normalized spacial score (nSPS) is 9.56. The van der Waals surface area contributed by atoms with Crippen LogP contribution in [0.3, 0.4) is 0 Å². The number of rotatable bonds is 4. The standard InChI is InChI=1S/C10H9NO5/c1-16-10(15)6-2-3-7(11-5-6)4-8(12)9(13)14/h2-3,5H,4H2,1H3,(H,13,14). The lowest BCUT2D eigenvalue weighted by Gasteiger charge is -2.00. The summed E-state index contributed by atoms with van der Waals surface area (Å²) >= 11 is 0. The summed E-state index contributed by atoms with van der Waals surface area (Å²) in [5.74, 6) is -2.99. The average Bonchev–Trinajstić information content (AvgIpc) is 2.28. The molecule has 16 heavy (non-hydrogen) atoms. The Labute approximate surface area is 90.9 Å². The number of carbonyl (C=O) groups is 3. The molecule has 0 fully saturated rings. The van der Waals surface area contributed by atoms with E-state index in [1.807, 2.05) is 0 Å². The van der Waals surface area contributed by atoms with Gasteiger partial charge in [-0.1, -0.05) is 0 Å². The van der Waals surface area contributed by atoms with Crippen molar-refractivity contribution in [1.29, 1.82) is 0 Å². The lowest BCUT2D eigenvalue weighted by atomic mass is 10.2. The van der Waals surface area contributed by atoms with Crippen molar-refractivity contribution in [3.63, 3.8) is 0 Å². The molecule has 0 aromatic carbocycles. The minimum absolute atomic E-state index is 0.244. The van der Waals surface area contributed by atoms with Crippen molar-refractivity contribution in [2.45, 2.75) is 6.42 Å². The van der Waals surface area contributed by atoms with Crippen molar-refractivity contribution in [1.82, 2.24) is 4.98 Å². The number of aliphatic carboxylic acids is 1. The Morgan fingerprint density at radius 3 is 2.50 bits per heavy atom. The number of hydrogen-bond donors (Lipinski definition) is 1. The van der Waals surface area contributed by atoms with Gasteiger partial charge in [-0.3, -0.25) is 9.78 Å². The van der Waals surface area contributed by atoms with Crippen molar-refractivity contribution >= 4 is 17.7 Å². The highest BCUT2D eigenvalue weighted by molar-refractivity contribution is 6.33. The molecule has 0 saturated heterocycles. The second kappa shape index (κ2) is 5.01. The molecule has 1 N–H and O–H groups in total. The van der Waals surface area contributed by atoms with Gasteiger partial charge in [0.15, 0.2) is 0 Å². The molecule has 6 heteroatoms. The van der Waals surface area contributed by atoms with Gasteiger partial charge in [-0.15, -0.1) is 0 Å². The van der Waals surface area contributed by atoms with Crippen LogP contribution >= 0.6 is 0 Å². The molecular weight excluding hydrogens is 214 g/mol. The highest BCUT2D eigenvalue weighted by Gasteiger charge is 2.13. The number of Topliss-reactive ketones (excluding diaryl/α,β-unsaturated/α-hetero) is 1. The molecule has 0 unspecified atom stereocenters. The predicted octanol–water partition coefficient (Wildman–Crippen LogP) is 0.0644. The summed E-state index contributed by atoms with van der Waals surface area (Å²) in [5, 5.41) is 8.37. The number of carboxylic acid groups (broad SMARTS) is 1. The van der Waals surface area contributed by atoms with Gasteiger partial charge in [0.2, 0.25) is 5.78 Å². The van der Waals surface area contributed by atoms with Crippen LogP contribution in [0.5, 0.6) is 0 Å². The smallest absolute Gasteiger partial charge is 0.372 e. The zero-order chi connectivity index (χ0) is 12.1. The minimum atomic E-state index is -1.50. The number of ether oxygens (including phenoxy) is 1. The van der Waals surface area contributed by atoms with Crippen LogP contribution in [0.2, 0.25) is 0 Å². The fourth-order valence-corrected chi connectivity index (χ4v) is 1.01. The first kappa shape index (κ1) is 11.8. The van der Waals surface area contributed by atoms with Crippen LogP contribution in [0.4, 0.5) is 0 Å². The first-order chi connectivity index (χ1) is 7.54. The van der Waals surface area contributed by atoms with Crippen molar-refractivity contribution < 1.29 is 24.2 Å². The van der Waals surface area contributed by atoms with Crippen LogP contribution in [0, 0.1) is 0 Å². The molecule has 1 heterocycles. The first-order valence-electron chi connectivity index (χ1n) is 4.34. The van der Waals surface area contributed by atoms with Gasteiger partial charge in [-0.2, -0.15) is 0 Å². The van der Waals surface area contributed by atoms with Gasteiger partial charge in [-0.05, 0) is 12.1 Å². The third-order valence-corrected chi connectivity index (χ3v) is 1.83. The highest BCUT2D eigenvalue weighted by atomic mass is 16.5. The van der Waals surface area contributed by atoms with Gasteiger partial charge in [0.25, 0.3) is 0 Å². The predicted molar refractivity (Wildman–Crippen MR) is 51.9 cm³/mol. The Kier molecular flexibility index (Phi) is 3.71. The summed E-state index contributed by atoms with van der Waals surface area (Å²) in [7, 11) is 1.24. The topological polar surface area (TPSA) is 93.6 Å². The third kappa shape index (κ3) is 2.88. The van der Waals surface area contributed by atoms with Crippen LogP contribution in [-0.2, 0) is 20.7 Å². The van der Waals surface area contributed by atoms with E-state index < -0.39 is 17.7 Å². The summed E-state index contributed by atoms with van der Waals surface area (Å²) in [6, 6.07) is 2.83. The van der Waals surface area contributed by atoms with E-state index >= 15 is 0 Å². The maximum atomic E-state index is 11.0. The van der Waals surface area contributed by atoms with Crippen molar-refractivity contribution in [3.05, 3.63) is 29.6 Å². The molecular formula is C10H9NO5. The molecule has 6 nitrogen and oxygen atoms in total. The number of pyridine rings is 1. The summed E-state index contributed by atoms with van der Waals surface area (Å²) in [6.07, 6.45) is 0.938. The van der Waals surface area contributed by atoms with Crippen molar-refractivity contribution in [3.8, 4) is 0 Å². The lowest BCUT2D eigenvalue weighted by Crippen LogP contribution is -2.16. The minimum Gasteiger partial charge on any atom is -0.475 e. The van der Waals surface area contributed by atoms with Crippen LogP contribution in [0.25, 0.3) is 0 Å². The van der Waals surface area contributed by atoms with Gasteiger partial charge < -0.3 is 9.84 Å². The molecule has 0 amide bonds. The Hall–Kier alpha value is -2.24. The number of methoxy groups -OCH3 is 1. The number of carbonyl (C=O) groups excluding carboxylic acids is 2. The largest absolute Gasteiger partial charge is 0.475 e. The maximum Gasteiger partial charge on any atom is 0.372 e. The van der Waals surface area contributed by atoms with Gasteiger partial charge in [-0.25, -0.2) is 9.59 Å². The molecule has 0 aliphatic heterocycles. The molecule has 1 aromatic heterocycles. The molecule has 0 aliphatic carbocycles. The SMILES string of the molecule is COC(=O)c1ccc(CC(=O)C(=O)O)nc1. The molecule has 0 spiro atoms. The first-order valence-corrected chi connectivity index (χ1v) is 4.34. The van der Waals surface area contributed by atoms with E-state index in [1.165, 1.54) is 25.4 Å². The molecule has 0 bridgehead atoms. The van der Waals surface area contributed by atoms with Gasteiger partial charge >= 0.3 is 11.9 Å². The summed E-state index contributed by atoms with van der Waals surface area (Å²) in [5.41, 5.74) is 0.536. The summed E-state index contributed by atoms with van der Waals surface area (Å²) < 4.78 is 4.46. The van der Waals surface area contributed by atoms with Crippen LogP contribution in [0.15, 0.2) is 18.3 Å². The summed E-state index contributed by atoms with van der Waals surface area (Å²) in [6.45, 7) is 0. The lowest BCUT2D eigenvalue weighted by molar-refractivity contribution is -0.148. The second-order valence-electron chi connectivity index (χ2n) is 2.93. The molecule has 0 aliphatic rings. The number of esters is 1. The quantitative estimate of drug-likeness (QED) is 0.573. The number of carboxylic acids is 1. The Morgan fingerprint density at radius 1 is 1.38 bits per heavy atom. The molecule has 0 saturated carbocycles. The van der Waals surface area contributed by atoms with Crippen LogP contribution in [0.1, 0.15) is 16.1 Å². The van der Waals surface area contributed by atoms with E-state index in [-0.39, 0.29) is 12.0 Å². The Morgan fingerprint density at radius 2 is 2.06 bits per heavy atom. The highest BCUT2D eigenvalue weighted by Crippen LogP contribution is 2.03. The van der Waals surface area contributed by atoms with Gasteiger partial charge in [0.05, 0.1) is 19.1 Å². The van der Waals surface area contributed by atoms with E-state index in [1.54, 1.807) is 0 Å². The average molecular weight is 223 g/mol. The number of nitrogens with zero attached hydrogens (tertiary/aromatic N) is 1. The van der Waals surface area contributed by atoms with E-state index in [0.29, 0.717) is 5.69 Å².